The van der Waals surface area contributed by atoms with E-state index < -0.39 is 5.41 Å². The first-order valence-corrected chi connectivity index (χ1v) is 11.8. The lowest BCUT2D eigenvalue weighted by Gasteiger charge is -2.53. The molecule has 0 bridgehead atoms. The Labute approximate surface area is 200 Å². The first-order chi connectivity index (χ1) is 16.6. The number of methoxy groups -OCH3 is 1. The average molecular weight is 453 g/mol. The van der Waals surface area contributed by atoms with Gasteiger partial charge in [-0.05, 0) is 61.4 Å². The van der Waals surface area contributed by atoms with Gasteiger partial charge in [0, 0.05) is 31.0 Å². The topological polar surface area (TPSA) is 48.4 Å². The summed E-state index contributed by atoms with van der Waals surface area (Å²) in [5, 5.41) is 6.46. The van der Waals surface area contributed by atoms with E-state index in [2.05, 4.69) is 46.2 Å². The molecule has 6 nitrogen and oxygen atoms in total. The molecule has 3 heterocycles. The van der Waals surface area contributed by atoms with Crippen molar-refractivity contribution in [1.29, 1.82) is 0 Å². The highest BCUT2D eigenvalue weighted by Crippen LogP contribution is 2.48. The highest BCUT2D eigenvalue weighted by atomic mass is 16.5. The molecule has 0 saturated carbocycles. The maximum absolute atomic E-state index is 14.2. The van der Waals surface area contributed by atoms with Crippen LogP contribution in [-0.4, -0.2) is 44.4 Å². The number of piperazine rings is 1. The van der Waals surface area contributed by atoms with Gasteiger partial charge >= 0.3 is 0 Å². The van der Waals surface area contributed by atoms with Gasteiger partial charge in [-0.2, -0.15) is 10.1 Å². The first-order valence-electron chi connectivity index (χ1n) is 11.8. The van der Waals surface area contributed by atoms with Crippen LogP contribution in [0.1, 0.15) is 12.5 Å². The third-order valence-electron chi connectivity index (χ3n) is 7.63. The van der Waals surface area contributed by atoms with Crippen LogP contribution >= 0.6 is 0 Å². The Bertz CT molecular complexity index is 1260. The summed E-state index contributed by atoms with van der Waals surface area (Å²) in [6.45, 7) is 4.52. The minimum atomic E-state index is -0.699. The van der Waals surface area contributed by atoms with E-state index in [9.17, 15) is 4.79 Å². The number of nitrogens with zero attached hydrogens (tertiary/aromatic N) is 4. The highest BCUT2D eigenvalue weighted by Gasteiger charge is 2.59. The van der Waals surface area contributed by atoms with Crippen molar-refractivity contribution in [1.82, 2.24) is 0 Å². The van der Waals surface area contributed by atoms with Crippen LogP contribution in [0.5, 0.6) is 5.75 Å². The zero-order valence-corrected chi connectivity index (χ0v) is 19.5. The number of amides is 1. The molecule has 6 rings (SSSR count). The number of para-hydroxylation sites is 2. The van der Waals surface area contributed by atoms with Crippen LogP contribution in [0.15, 0.2) is 84.0 Å². The highest BCUT2D eigenvalue weighted by molar-refractivity contribution is 6.20. The van der Waals surface area contributed by atoms with Gasteiger partial charge < -0.3 is 14.5 Å². The molecular formula is C28H28N4O2. The van der Waals surface area contributed by atoms with Crippen LogP contribution in [0.3, 0.4) is 0 Å². The standard InChI is InChI=1S/C28H28N4O2/c1-20-28(27(33)32(29-20)23-9-4-3-5-10-23)18-21-8-6-7-11-25(21)31-17-16-30(19-26(28)31)22-12-14-24(34-2)15-13-22/h3-15,26H,16-19H2,1-2H3. The summed E-state index contributed by atoms with van der Waals surface area (Å²) < 4.78 is 5.35. The molecule has 3 aliphatic rings. The summed E-state index contributed by atoms with van der Waals surface area (Å²) in [5.41, 5.74) is 4.62. The smallest absolute Gasteiger partial charge is 0.261 e. The van der Waals surface area contributed by atoms with Gasteiger partial charge in [0.2, 0.25) is 0 Å². The molecule has 3 aromatic rings. The van der Waals surface area contributed by atoms with Gasteiger partial charge in [-0.25, -0.2) is 0 Å². The molecule has 0 aliphatic carbocycles. The fraction of sp³-hybridized carbons (Fsp3) is 0.286. The number of carbonyl (C=O) groups is 1. The molecule has 34 heavy (non-hydrogen) atoms. The summed E-state index contributed by atoms with van der Waals surface area (Å²) in [7, 11) is 1.68. The molecule has 3 aliphatic heterocycles. The quantitative estimate of drug-likeness (QED) is 0.593. The summed E-state index contributed by atoms with van der Waals surface area (Å²) in [5.74, 6) is 0.912. The van der Waals surface area contributed by atoms with Crippen molar-refractivity contribution in [2.24, 2.45) is 10.5 Å². The van der Waals surface area contributed by atoms with Gasteiger partial charge in [0.15, 0.2) is 0 Å². The van der Waals surface area contributed by atoms with E-state index >= 15 is 0 Å². The van der Waals surface area contributed by atoms with Gasteiger partial charge in [0.25, 0.3) is 5.91 Å². The number of rotatable bonds is 3. The first kappa shape index (κ1) is 20.8. The Kier molecular flexibility index (Phi) is 4.83. The van der Waals surface area contributed by atoms with E-state index in [4.69, 9.17) is 9.84 Å². The third-order valence-corrected chi connectivity index (χ3v) is 7.63. The molecule has 1 amide bonds. The Morgan fingerprint density at radius 3 is 2.41 bits per heavy atom. The normalized spacial score (nSPS) is 23.6. The molecule has 0 aromatic heterocycles. The van der Waals surface area contributed by atoms with E-state index in [0.717, 1.165) is 42.5 Å². The van der Waals surface area contributed by atoms with Crippen LogP contribution in [0, 0.1) is 5.41 Å². The Balaban J connectivity index is 1.42. The fourth-order valence-electron chi connectivity index (χ4n) is 5.84. The Morgan fingerprint density at radius 1 is 0.912 bits per heavy atom. The van der Waals surface area contributed by atoms with E-state index in [0.29, 0.717) is 6.42 Å². The molecule has 172 valence electrons. The average Bonchev–Trinajstić information content (AvgIpc) is 3.14. The molecule has 6 heteroatoms. The molecule has 0 N–H and O–H groups in total. The number of carbonyl (C=O) groups excluding carboxylic acids is 1. The van der Waals surface area contributed by atoms with Crippen molar-refractivity contribution in [2.45, 2.75) is 19.4 Å². The van der Waals surface area contributed by atoms with Gasteiger partial charge in [-0.3, -0.25) is 4.79 Å². The summed E-state index contributed by atoms with van der Waals surface area (Å²) >= 11 is 0. The number of benzene rings is 3. The van der Waals surface area contributed by atoms with Crippen LogP contribution in [-0.2, 0) is 11.2 Å². The van der Waals surface area contributed by atoms with Crippen molar-refractivity contribution < 1.29 is 9.53 Å². The van der Waals surface area contributed by atoms with Crippen LogP contribution in [0.25, 0.3) is 0 Å². The molecule has 1 fully saturated rings. The zero-order valence-electron chi connectivity index (χ0n) is 19.5. The minimum absolute atomic E-state index is 0.0109. The molecule has 2 atom stereocenters. The van der Waals surface area contributed by atoms with Crippen LogP contribution in [0.2, 0.25) is 0 Å². The lowest BCUT2D eigenvalue weighted by atomic mass is 9.67. The predicted molar refractivity (Wildman–Crippen MR) is 136 cm³/mol. The zero-order chi connectivity index (χ0) is 23.3. The van der Waals surface area contributed by atoms with E-state index in [1.165, 1.54) is 11.3 Å². The van der Waals surface area contributed by atoms with Crippen molar-refractivity contribution >= 4 is 28.7 Å². The van der Waals surface area contributed by atoms with Gasteiger partial charge in [-0.1, -0.05) is 36.4 Å². The number of anilines is 3. The largest absolute Gasteiger partial charge is 0.497 e. The predicted octanol–water partition coefficient (Wildman–Crippen LogP) is 4.36. The summed E-state index contributed by atoms with van der Waals surface area (Å²) in [4.78, 5) is 19.1. The lowest BCUT2D eigenvalue weighted by Crippen LogP contribution is -2.67. The maximum atomic E-state index is 14.2. The Morgan fingerprint density at radius 2 is 1.65 bits per heavy atom. The second-order valence-electron chi connectivity index (χ2n) is 9.27. The number of ether oxygens (including phenoxy) is 1. The Hall–Kier alpha value is -3.80. The summed E-state index contributed by atoms with van der Waals surface area (Å²) in [6.07, 6.45) is 0.665. The molecule has 1 saturated heterocycles. The van der Waals surface area contributed by atoms with Crippen molar-refractivity contribution in [3.8, 4) is 5.75 Å². The number of hydrogen-bond donors (Lipinski definition) is 0. The second kappa shape index (κ2) is 7.90. The maximum Gasteiger partial charge on any atom is 0.261 e. The number of hydrogen-bond acceptors (Lipinski definition) is 5. The third kappa shape index (κ3) is 3.01. The molecule has 3 aromatic carbocycles. The minimum Gasteiger partial charge on any atom is -0.497 e. The van der Waals surface area contributed by atoms with Crippen LogP contribution < -0.4 is 19.5 Å². The van der Waals surface area contributed by atoms with E-state index in [1.54, 1.807) is 12.1 Å². The monoisotopic (exact) mass is 452 g/mol. The summed E-state index contributed by atoms with van der Waals surface area (Å²) in [6, 6.07) is 26.5. The number of fused-ring (bicyclic) bond motifs is 4. The molecular weight excluding hydrogens is 424 g/mol. The van der Waals surface area contributed by atoms with Gasteiger partial charge in [-0.15, -0.1) is 0 Å². The van der Waals surface area contributed by atoms with E-state index in [1.807, 2.05) is 49.4 Å². The number of hydrazone groups is 1. The SMILES string of the molecule is COc1ccc(N2CCN3c4ccccc4CC4(C(=O)N(c5ccccc5)N=C4C)C3C2)cc1. The van der Waals surface area contributed by atoms with E-state index in [-0.39, 0.29) is 11.9 Å². The van der Waals surface area contributed by atoms with Gasteiger partial charge in [0.05, 0.1) is 24.6 Å². The van der Waals surface area contributed by atoms with Crippen LogP contribution in [0.4, 0.5) is 17.1 Å². The molecule has 0 radical (unpaired) electrons. The van der Waals surface area contributed by atoms with Crippen molar-refractivity contribution in [3.63, 3.8) is 0 Å². The van der Waals surface area contributed by atoms with Crippen molar-refractivity contribution in [3.05, 3.63) is 84.4 Å². The van der Waals surface area contributed by atoms with Crippen molar-refractivity contribution in [2.75, 3.05) is 41.6 Å². The lowest BCUT2D eigenvalue weighted by molar-refractivity contribution is -0.125. The molecule has 2 unspecified atom stereocenters. The van der Waals surface area contributed by atoms with Gasteiger partial charge in [0.1, 0.15) is 11.2 Å². The fourth-order valence-corrected chi connectivity index (χ4v) is 5.84. The second-order valence-corrected chi connectivity index (χ2v) is 9.27. The molecule has 1 spiro atoms.